The van der Waals surface area contributed by atoms with Crippen molar-refractivity contribution in [2.45, 2.75) is 39.6 Å². The fourth-order valence-corrected chi connectivity index (χ4v) is 1.95. The van der Waals surface area contributed by atoms with Gasteiger partial charge < -0.3 is 14.2 Å². The van der Waals surface area contributed by atoms with Gasteiger partial charge in [0.25, 0.3) is 0 Å². The number of hydrogen-bond donors (Lipinski definition) is 0. The summed E-state index contributed by atoms with van der Waals surface area (Å²) in [6.45, 7) is 6.31. The Labute approximate surface area is 114 Å². The highest BCUT2D eigenvalue weighted by Crippen LogP contribution is 2.24. The summed E-state index contributed by atoms with van der Waals surface area (Å²) >= 11 is 0. The summed E-state index contributed by atoms with van der Waals surface area (Å²) in [5.41, 5.74) is -0.492. The Morgan fingerprint density at radius 3 is 2.42 bits per heavy atom. The van der Waals surface area contributed by atoms with Crippen molar-refractivity contribution in [3.05, 3.63) is 24.3 Å². The van der Waals surface area contributed by atoms with Crippen LogP contribution >= 0.6 is 0 Å². The average Bonchev–Trinajstić information content (AvgIpc) is 2.39. The first kappa shape index (κ1) is 14.3. The molecule has 0 aromatic heterocycles. The molecule has 0 saturated carbocycles. The Morgan fingerprint density at radius 2 is 1.89 bits per heavy atom. The van der Waals surface area contributed by atoms with Crippen LogP contribution in [0.3, 0.4) is 0 Å². The Hall–Kier alpha value is -1.13. The Bertz CT molecular complexity index is 370. The van der Waals surface area contributed by atoms with Gasteiger partial charge >= 0.3 is 5.97 Å². The quantitative estimate of drug-likeness (QED) is 0.720. The summed E-state index contributed by atoms with van der Waals surface area (Å²) in [5.74, 6) is 0.0351. The number of esters is 1. The zero-order valence-electron chi connectivity index (χ0n) is 11.8. The largest absolute Gasteiger partial charge is 0.457 e. The molecule has 1 atom stereocenters. The molecule has 2 aliphatic rings. The van der Waals surface area contributed by atoms with Crippen molar-refractivity contribution in [3.63, 3.8) is 0 Å². The van der Waals surface area contributed by atoms with Gasteiger partial charge in [0.15, 0.2) is 6.29 Å². The number of hydrogen-bond acceptors (Lipinski definition) is 4. The van der Waals surface area contributed by atoms with Crippen molar-refractivity contribution in [2.75, 3.05) is 13.2 Å². The summed E-state index contributed by atoms with van der Waals surface area (Å²) in [4.78, 5) is 11.8. The molecular weight excluding hydrogens is 244 g/mol. The van der Waals surface area contributed by atoms with E-state index < -0.39 is 5.41 Å². The summed E-state index contributed by atoms with van der Waals surface area (Å²) in [6.07, 6.45) is 8.61. The minimum absolute atomic E-state index is 0.219. The van der Waals surface area contributed by atoms with E-state index >= 15 is 0 Å². The van der Waals surface area contributed by atoms with Crippen LogP contribution in [0.4, 0.5) is 0 Å². The van der Waals surface area contributed by atoms with E-state index in [0.717, 1.165) is 6.42 Å². The van der Waals surface area contributed by atoms with E-state index in [1.807, 2.05) is 32.9 Å². The number of allylic oxidation sites excluding steroid dienone is 3. The maximum Gasteiger partial charge on any atom is 0.311 e. The van der Waals surface area contributed by atoms with Crippen LogP contribution in [0.5, 0.6) is 0 Å². The van der Waals surface area contributed by atoms with Crippen LogP contribution in [0, 0.1) is 11.3 Å². The molecule has 0 amide bonds. The van der Waals surface area contributed by atoms with Crippen LogP contribution < -0.4 is 0 Å². The third kappa shape index (κ3) is 3.91. The Kier molecular flexibility index (Phi) is 4.42. The minimum Gasteiger partial charge on any atom is -0.457 e. The fraction of sp³-hybridized carbons (Fsp3) is 0.667. The molecule has 0 N–H and O–H groups in total. The molecule has 1 fully saturated rings. The molecule has 19 heavy (non-hydrogen) atoms. The van der Waals surface area contributed by atoms with Gasteiger partial charge in [0.2, 0.25) is 0 Å². The zero-order chi connectivity index (χ0) is 13.9. The highest BCUT2D eigenvalue weighted by Gasteiger charge is 2.32. The van der Waals surface area contributed by atoms with E-state index in [1.54, 1.807) is 0 Å². The maximum atomic E-state index is 11.8. The van der Waals surface area contributed by atoms with E-state index in [1.165, 1.54) is 0 Å². The van der Waals surface area contributed by atoms with Crippen molar-refractivity contribution < 1.29 is 19.0 Å². The lowest BCUT2D eigenvalue weighted by Gasteiger charge is -2.33. The Balaban J connectivity index is 1.78. The first-order valence-corrected chi connectivity index (χ1v) is 6.74. The molecule has 1 unspecified atom stereocenters. The molecule has 106 valence electrons. The van der Waals surface area contributed by atoms with E-state index in [-0.39, 0.29) is 24.3 Å². The van der Waals surface area contributed by atoms with Gasteiger partial charge in [-0.15, -0.1) is 0 Å². The highest BCUT2D eigenvalue weighted by molar-refractivity contribution is 5.75. The highest BCUT2D eigenvalue weighted by atomic mass is 16.7. The number of rotatable bonds is 2. The molecule has 0 bridgehead atoms. The van der Waals surface area contributed by atoms with E-state index in [0.29, 0.717) is 13.2 Å². The van der Waals surface area contributed by atoms with Gasteiger partial charge in [-0.2, -0.15) is 0 Å². The molecule has 1 aliphatic heterocycles. The topological polar surface area (TPSA) is 44.8 Å². The van der Waals surface area contributed by atoms with Crippen LogP contribution in [-0.4, -0.2) is 31.6 Å². The lowest BCUT2D eigenvalue weighted by atomic mass is 9.97. The van der Waals surface area contributed by atoms with Gasteiger partial charge in [0.1, 0.15) is 6.10 Å². The smallest absolute Gasteiger partial charge is 0.311 e. The van der Waals surface area contributed by atoms with Crippen LogP contribution in [-0.2, 0) is 19.0 Å². The van der Waals surface area contributed by atoms with E-state index in [4.69, 9.17) is 14.2 Å². The predicted molar refractivity (Wildman–Crippen MR) is 71.4 cm³/mol. The number of ether oxygens (including phenoxy) is 3. The van der Waals surface area contributed by atoms with Crippen molar-refractivity contribution in [3.8, 4) is 0 Å². The van der Waals surface area contributed by atoms with Crippen molar-refractivity contribution in [1.82, 2.24) is 0 Å². The summed E-state index contributed by atoms with van der Waals surface area (Å²) in [6, 6.07) is 0. The van der Waals surface area contributed by atoms with Gasteiger partial charge in [-0.1, -0.05) is 24.3 Å². The van der Waals surface area contributed by atoms with Crippen molar-refractivity contribution >= 4 is 5.97 Å². The molecule has 4 nitrogen and oxygen atoms in total. The predicted octanol–water partition coefficient (Wildman–Crippen LogP) is 2.45. The third-order valence-electron chi connectivity index (χ3n) is 3.14. The first-order chi connectivity index (χ1) is 8.97. The average molecular weight is 266 g/mol. The van der Waals surface area contributed by atoms with Gasteiger partial charge in [-0.3, -0.25) is 4.79 Å². The molecule has 0 spiro atoms. The maximum absolute atomic E-state index is 11.8. The molecule has 4 heteroatoms. The van der Waals surface area contributed by atoms with Gasteiger partial charge in [0, 0.05) is 5.92 Å². The SMILES string of the molecule is CC(C)(C)C(=O)O[C@H]1CO[C@H](C2C=CC=CC2)OC1. The number of carbonyl (C=O) groups is 1. The minimum atomic E-state index is -0.492. The second kappa shape index (κ2) is 5.88. The van der Waals surface area contributed by atoms with Crippen LogP contribution in [0.15, 0.2) is 24.3 Å². The summed E-state index contributed by atoms with van der Waals surface area (Å²) < 4.78 is 16.7. The normalized spacial score (nSPS) is 31.2. The standard InChI is InChI=1S/C15H22O4/c1-15(2,3)14(16)19-12-9-17-13(18-10-12)11-7-5-4-6-8-11/h4-7,11-13H,8-10H2,1-3H3/t11?,12-,13-. The molecule has 0 aromatic rings. The van der Waals surface area contributed by atoms with Gasteiger partial charge in [0.05, 0.1) is 18.6 Å². The van der Waals surface area contributed by atoms with E-state index in [9.17, 15) is 4.79 Å². The van der Waals surface area contributed by atoms with Crippen molar-refractivity contribution in [1.29, 1.82) is 0 Å². The second-order valence-corrected chi connectivity index (χ2v) is 6.02. The monoisotopic (exact) mass is 266 g/mol. The molecule has 1 aliphatic carbocycles. The molecule has 0 aromatic carbocycles. The third-order valence-corrected chi connectivity index (χ3v) is 3.14. The van der Waals surface area contributed by atoms with Crippen molar-refractivity contribution in [2.24, 2.45) is 11.3 Å². The lowest BCUT2D eigenvalue weighted by molar-refractivity contribution is -0.240. The summed E-state index contributed by atoms with van der Waals surface area (Å²) in [7, 11) is 0. The van der Waals surface area contributed by atoms with E-state index in [2.05, 4.69) is 12.2 Å². The first-order valence-electron chi connectivity index (χ1n) is 6.74. The second-order valence-electron chi connectivity index (χ2n) is 6.02. The van der Waals surface area contributed by atoms with Gasteiger partial charge in [-0.25, -0.2) is 0 Å². The molecule has 1 saturated heterocycles. The van der Waals surface area contributed by atoms with Crippen LogP contribution in [0.2, 0.25) is 0 Å². The fourth-order valence-electron chi connectivity index (χ4n) is 1.95. The molecule has 1 heterocycles. The number of carbonyl (C=O) groups excluding carboxylic acids is 1. The lowest BCUT2D eigenvalue weighted by Crippen LogP contribution is -2.43. The molecule has 2 rings (SSSR count). The summed E-state index contributed by atoms with van der Waals surface area (Å²) in [5, 5.41) is 0. The van der Waals surface area contributed by atoms with Crippen LogP contribution in [0.25, 0.3) is 0 Å². The van der Waals surface area contributed by atoms with Crippen LogP contribution in [0.1, 0.15) is 27.2 Å². The molecular formula is C15H22O4. The van der Waals surface area contributed by atoms with Gasteiger partial charge in [-0.05, 0) is 27.2 Å². The zero-order valence-corrected chi connectivity index (χ0v) is 11.8. The Morgan fingerprint density at radius 1 is 1.21 bits per heavy atom. The molecule has 0 radical (unpaired) electrons.